The Balaban J connectivity index is 2.34. The van der Waals surface area contributed by atoms with E-state index in [1.807, 2.05) is 0 Å². The van der Waals surface area contributed by atoms with Crippen LogP contribution in [-0.2, 0) is 0 Å². The van der Waals surface area contributed by atoms with Gasteiger partial charge in [-0.2, -0.15) is 0 Å². The van der Waals surface area contributed by atoms with Crippen molar-refractivity contribution in [2.75, 3.05) is 0 Å². The number of benzene rings is 1. The van der Waals surface area contributed by atoms with Crippen molar-refractivity contribution in [1.29, 1.82) is 5.41 Å². The van der Waals surface area contributed by atoms with Crippen molar-refractivity contribution in [3.8, 4) is 11.6 Å². The third-order valence-corrected chi connectivity index (χ3v) is 2.17. The van der Waals surface area contributed by atoms with Crippen LogP contribution in [0.5, 0.6) is 11.6 Å². The van der Waals surface area contributed by atoms with Crippen LogP contribution in [0, 0.1) is 17.0 Å². The van der Waals surface area contributed by atoms with Gasteiger partial charge < -0.3 is 10.5 Å². The Morgan fingerprint density at radius 3 is 2.67 bits per heavy atom. The summed E-state index contributed by atoms with van der Waals surface area (Å²) in [5.41, 5.74) is 5.63. The third-order valence-electron chi connectivity index (χ3n) is 2.17. The maximum Gasteiger partial charge on any atom is 0.230 e. The summed E-state index contributed by atoms with van der Waals surface area (Å²) in [6.07, 6.45) is 1.45. The van der Waals surface area contributed by atoms with Crippen molar-refractivity contribution in [3.05, 3.63) is 53.7 Å². The number of hydrogen-bond donors (Lipinski definition) is 2. The first-order valence-electron chi connectivity index (χ1n) is 5.00. The zero-order chi connectivity index (χ0) is 13.1. The highest BCUT2D eigenvalue weighted by Gasteiger charge is 2.10. The largest absolute Gasteiger partial charge is 0.438 e. The molecule has 0 aliphatic carbocycles. The van der Waals surface area contributed by atoms with Gasteiger partial charge in [0, 0.05) is 12.3 Å². The minimum absolute atomic E-state index is 0.0657. The molecule has 2 rings (SSSR count). The van der Waals surface area contributed by atoms with Crippen molar-refractivity contribution in [3.63, 3.8) is 0 Å². The summed E-state index contributed by atoms with van der Waals surface area (Å²) in [6.45, 7) is 0. The number of nitrogens with two attached hydrogens (primary N) is 1. The Hall–Kier alpha value is -2.50. The molecule has 0 fully saturated rings. The van der Waals surface area contributed by atoms with Gasteiger partial charge in [-0.3, -0.25) is 5.41 Å². The van der Waals surface area contributed by atoms with E-state index >= 15 is 0 Å². The highest BCUT2D eigenvalue weighted by Crippen LogP contribution is 2.23. The van der Waals surface area contributed by atoms with E-state index in [0.717, 1.165) is 12.1 Å². The lowest BCUT2D eigenvalue weighted by Gasteiger charge is -2.08. The monoisotopic (exact) mass is 249 g/mol. The zero-order valence-electron chi connectivity index (χ0n) is 9.15. The molecular weight excluding hydrogens is 240 g/mol. The number of nitrogen functional groups attached to an aromatic ring is 1. The van der Waals surface area contributed by atoms with E-state index in [4.69, 9.17) is 15.9 Å². The molecule has 0 bridgehead atoms. The maximum absolute atomic E-state index is 13.0. The van der Waals surface area contributed by atoms with Crippen LogP contribution in [-0.4, -0.2) is 10.8 Å². The van der Waals surface area contributed by atoms with Gasteiger partial charge in [0.1, 0.15) is 11.6 Å². The van der Waals surface area contributed by atoms with Crippen LogP contribution in [0.25, 0.3) is 0 Å². The summed E-state index contributed by atoms with van der Waals surface area (Å²) in [5, 5.41) is 7.34. The first-order valence-corrected chi connectivity index (χ1v) is 5.00. The normalized spacial score (nSPS) is 10.1. The second kappa shape index (κ2) is 4.79. The van der Waals surface area contributed by atoms with Crippen LogP contribution >= 0.6 is 0 Å². The third kappa shape index (κ3) is 2.42. The van der Waals surface area contributed by atoms with Crippen LogP contribution in [0.4, 0.5) is 8.78 Å². The van der Waals surface area contributed by atoms with Crippen molar-refractivity contribution >= 4 is 5.84 Å². The Morgan fingerprint density at radius 2 is 2.00 bits per heavy atom. The SMILES string of the molecule is N=C(N)c1cccnc1Oc1ccc(F)c(F)c1. The fourth-order valence-electron chi connectivity index (χ4n) is 1.33. The van der Waals surface area contributed by atoms with Crippen LogP contribution in [0.1, 0.15) is 5.56 Å². The Morgan fingerprint density at radius 1 is 1.22 bits per heavy atom. The van der Waals surface area contributed by atoms with Crippen LogP contribution in [0.2, 0.25) is 0 Å². The molecule has 0 radical (unpaired) electrons. The summed E-state index contributed by atoms with van der Waals surface area (Å²) >= 11 is 0. The molecule has 0 aliphatic heterocycles. The summed E-state index contributed by atoms with van der Waals surface area (Å²) in [4.78, 5) is 3.89. The van der Waals surface area contributed by atoms with Crippen LogP contribution < -0.4 is 10.5 Å². The predicted molar refractivity (Wildman–Crippen MR) is 61.7 cm³/mol. The molecule has 0 saturated heterocycles. The lowest BCUT2D eigenvalue weighted by molar-refractivity contribution is 0.447. The fraction of sp³-hybridized carbons (Fsp3) is 0. The lowest BCUT2D eigenvalue weighted by atomic mass is 10.2. The van der Waals surface area contributed by atoms with Crippen LogP contribution in [0.15, 0.2) is 36.5 Å². The minimum Gasteiger partial charge on any atom is -0.438 e. The average Bonchev–Trinajstić information content (AvgIpc) is 2.34. The van der Waals surface area contributed by atoms with E-state index in [1.54, 1.807) is 12.1 Å². The van der Waals surface area contributed by atoms with Crippen molar-refractivity contribution < 1.29 is 13.5 Å². The number of aromatic nitrogens is 1. The smallest absolute Gasteiger partial charge is 0.230 e. The molecule has 0 atom stereocenters. The number of nitrogens with zero attached hydrogens (tertiary/aromatic N) is 1. The number of nitrogens with one attached hydrogen (secondary N) is 1. The van der Waals surface area contributed by atoms with Gasteiger partial charge in [0.05, 0.1) is 5.56 Å². The molecule has 4 nitrogen and oxygen atoms in total. The van der Waals surface area contributed by atoms with E-state index in [2.05, 4.69) is 4.98 Å². The molecule has 3 N–H and O–H groups in total. The number of amidine groups is 1. The topological polar surface area (TPSA) is 72.0 Å². The first kappa shape index (κ1) is 12.0. The van der Waals surface area contributed by atoms with Crippen molar-refractivity contribution in [2.45, 2.75) is 0 Å². The number of ether oxygens (including phenoxy) is 1. The summed E-state index contributed by atoms with van der Waals surface area (Å²) in [6, 6.07) is 6.24. The van der Waals surface area contributed by atoms with Gasteiger partial charge >= 0.3 is 0 Å². The van der Waals surface area contributed by atoms with Gasteiger partial charge in [0.15, 0.2) is 11.6 Å². The molecule has 1 heterocycles. The average molecular weight is 249 g/mol. The van der Waals surface area contributed by atoms with E-state index in [0.29, 0.717) is 0 Å². The number of halogens is 2. The van der Waals surface area contributed by atoms with Gasteiger partial charge in [-0.05, 0) is 24.3 Å². The number of hydrogen-bond acceptors (Lipinski definition) is 3. The quantitative estimate of drug-likeness (QED) is 0.648. The Bertz CT molecular complexity index is 602. The fourth-order valence-corrected chi connectivity index (χ4v) is 1.33. The van der Waals surface area contributed by atoms with Gasteiger partial charge in [-0.25, -0.2) is 13.8 Å². The highest BCUT2D eigenvalue weighted by atomic mass is 19.2. The van der Waals surface area contributed by atoms with Gasteiger partial charge in [-0.1, -0.05) is 0 Å². The summed E-state index contributed by atoms with van der Waals surface area (Å²) in [7, 11) is 0. The first-order chi connectivity index (χ1) is 8.58. The Kier molecular flexibility index (Phi) is 3.18. The maximum atomic E-state index is 13.0. The van der Waals surface area contributed by atoms with E-state index in [9.17, 15) is 8.78 Å². The Labute approximate surface area is 102 Å². The molecule has 6 heteroatoms. The van der Waals surface area contributed by atoms with Crippen LogP contribution in [0.3, 0.4) is 0 Å². The molecule has 0 aliphatic rings. The zero-order valence-corrected chi connectivity index (χ0v) is 9.15. The standard InChI is InChI=1S/C12H9F2N3O/c13-9-4-3-7(6-10(9)14)18-12-8(11(15)16)2-1-5-17-12/h1-6H,(H3,15,16). The van der Waals surface area contributed by atoms with E-state index in [1.165, 1.54) is 12.3 Å². The molecule has 1 aromatic heterocycles. The molecule has 18 heavy (non-hydrogen) atoms. The van der Waals surface area contributed by atoms with Gasteiger partial charge in [-0.15, -0.1) is 0 Å². The van der Waals surface area contributed by atoms with Crippen molar-refractivity contribution in [1.82, 2.24) is 4.98 Å². The number of rotatable bonds is 3. The molecule has 1 aromatic carbocycles. The highest BCUT2D eigenvalue weighted by molar-refractivity contribution is 5.97. The van der Waals surface area contributed by atoms with Crippen molar-refractivity contribution in [2.24, 2.45) is 5.73 Å². The molecular formula is C12H9F2N3O. The molecule has 0 saturated carbocycles. The minimum atomic E-state index is -1.02. The summed E-state index contributed by atoms with van der Waals surface area (Å²) < 4.78 is 31.0. The second-order valence-electron chi connectivity index (χ2n) is 3.45. The predicted octanol–water partition coefficient (Wildman–Crippen LogP) is 2.44. The molecule has 2 aromatic rings. The van der Waals surface area contributed by atoms with Gasteiger partial charge in [0.25, 0.3) is 0 Å². The van der Waals surface area contributed by atoms with Gasteiger partial charge in [0.2, 0.25) is 5.88 Å². The lowest BCUT2D eigenvalue weighted by Crippen LogP contribution is -2.12. The molecule has 0 unspecified atom stereocenters. The van der Waals surface area contributed by atoms with E-state index < -0.39 is 11.6 Å². The molecule has 0 amide bonds. The van der Waals surface area contributed by atoms with E-state index in [-0.39, 0.29) is 23.0 Å². The number of pyridine rings is 1. The molecule has 92 valence electrons. The summed E-state index contributed by atoms with van der Waals surface area (Å²) in [5.74, 6) is -2.06. The second-order valence-corrected chi connectivity index (χ2v) is 3.45. The molecule has 0 spiro atoms.